The van der Waals surface area contributed by atoms with E-state index in [-0.39, 0.29) is 30.1 Å². The van der Waals surface area contributed by atoms with E-state index in [0.29, 0.717) is 34.8 Å². The predicted octanol–water partition coefficient (Wildman–Crippen LogP) is 8.25. The summed E-state index contributed by atoms with van der Waals surface area (Å²) in [5.41, 5.74) is -7.21. The van der Waals surface area contributed by atoms with Gasteiger partial charge in [0, 0.05) is 37.7 Å². The van der Waals surface area contributed by atoms with Crippen LogP contribution in [0.4, 0.5) is 0 Å². The minimum absolute atomic E-state index is 0.0944. The number of esters is 4. The van der Waals surface area contributed by atoms with Crippen molar-refractivity contribution < 1.29 is 66.7 Å². The van der Waals surface area contributed by atoms with Gasteiger partial charge >= 0.3 is 23.9 Å². The van der Waals surface area contributed by atoms with Gasteiger partial charge in [-0.25, -0.2) is 9.59 Å². The number of Topliss-reactive ketones (excluding diaryl/α,β-unsaturated/α-hetero) is 1. The Balaban J connectivity index is 1.34. The van der Waals surface area contributed by atoms with E-state index in [2.05, 4.69) is 20.8 Å². The van der Waals surface area contributed by atoms with Crippen LogP contribution in [-0.2, 0) is 52.0 Å². The first-order chi connectivity index (χ1) is 34.0. The third kappa shape index (κ3) is 8.53. The lowest BCUT2D eigenvalue weighted by molar-refractivity contribution is -0.344. The summed E-state index contributed by atoms with van der Waals surface area (Å²) in [5.74, 6) is -5.66. The molecule has 15 nitrogen and oxygen atoms in total. The standard InChI is InChI=1S/C56H69NO14Si/c1-12-72(13-2,14-3)71-40-30-41-55(32-65-41,69-35(6)59)46-48(68-50(62)38-28-22-17-23-29-38)56(64)31-39(33(4)42(52(56,7)8)44(66-34(5)58)47(60)54(40,46)11)67-51(63)45-43(36-24-18-15-19-25-36)57(53(9,10)70-45)49(61)37-26-20-16-21-27-37/h15-29,39-41,43-46,48,64H,12-14,30-32H2,1-11H3/t39-,40-,41+,43-,44+,45+,46-,48-,54+,55-,56+/m0/s1. The number of amides is 1. The molecule has 2 saturated heterocycles. The Bertz CT molecular complexity index is 2610. The molecule has 16 heteroatoms. The van der Waals surface area contributed by atoms with Gasteiger partial charge in [0.05, 0.1) is 35.6 Å². The van der Waals surface area contributed by atoms with Crippen LogP contribution in [0.3, 0.4) is 0 Å². The number of nitrogens with zero attached hydrogens (tertiary/aromatic N) is 1. The van der Waals surface area contributed by atoms with Gasteiger partial charge in [0.15, 0.2) is 31.9 Å². The summed E-state index contributed by atoms with van der Waals surface area (Å²) in [4.78, 5) is 89.5. The summed E-state index contributed by atoms with van der Waals surface area (Å²) in [6.07, 6.45) is -8.39. The fourth-order valence-corrected chi connectivity index (χ4v) is 15.8. The van der Waals surface area contributed by atoms with Gasteiger partial charge in [-0.1, -0.05) is 101 Å². The van der Waals surface area contributed by atoms with Gasteiger partial charge in [0.25, 0.3) is 5.91 Å². The van der Waals surface area contributed by atoms with Crippen LogP contribution in [-0.4, -0.2) is 114 Å². The lowest BCUT2D eigenvalue weighted by Gasteiger charge is -2.68. The van der Waals surface area contributed by atoms with Crippen molar-refractivity contribution in [3.05, 3.63) is 119 Å². The highest BCUT2D eigenvalue weighted by Gasteiger charge is 2.79. The van der Waals surface area contributed by atoms with Crippen LogP contribution in [0.25, 0.3) is 0 Å². The maximum Gasteiger partial charge on any atom is 0.338 e. The fraction of sp³-hybridized carbons (Fsp3) is 0.536. The molecule has 2 heterocycles. The molecule has 72 heavy (non-hydrogen) atoms. The van der Waals surface area contributed by atoms with Gasteiger partial charge in [-0.2, -0.15) is 0 Å². The lowest BCUT2D eigenvalue weighted by atomic mass is 9.44. The molecule has 3 aromatic rings. The summed E-state index contributed by atoms with van der Waals surface area (Å²) >= 11 is 0. The van der Waals surface area contributed by atoms with Crippen molar-refractivity contribution >= 4 is 43.9 Å². The zero-order chi connectivity index (χ0) is 52.3. The van der Waals surface area contributed by atoms with E-state index in [1.54, 1.807) is 126 Å². The zero-order valence-corrected chi connectivity index (χ0v) is 44.2. The van der Waals surface area contributed by atoms with Gasteiger partial charge in [-0.15, -0.1) is 0 Å². The first kappa shape index (κ1) is 52.8. The van der Waals surface area contributed by atoms with Crippen LogP contribution in [0.5, 0.6) is 0 Å². The van der Waals surface area contributed by atoms with Crippen molar-refractivity contribution in [2.24, 2.45) is 16.7 Å². The third-order valence-corrected chi connectivity index (χ3v) is 21.6. The Labute approximate surface area is 423 Å². The highest BCUT2D eigenvalue weighted by molar-refractivity contribution is 6.73. The molecule has 0 spiro atoms. The summed E-state index contributed by atoms with van der Waals surface area (Å²) < 4.78 is 46.1. The van der Waals surface area contributed by atoms with Gasteiger partial charge in [-0.05, 0) is 86.8 Å². The van der Waals surface area contributed by atoms with Crippen molar-refractivity contribution in [1.82, 2.24) is 4.90 Å². The molecule has 3 aromatic carbocycles. The monoisotopic (exact) mass is 1010 g/mol. The average molecular weight is 1010 g/mol. The van der Waals surface area contributed by atoms with Crippen LogP contribution in [0.15, 0.2) is 102 Å². The van der Waals surface area contributed by atoms with Gasteiger partial charge in [0.1, 0.15) is 29.6 Å². The van der Waals surface area contributed by atoms with Crippen LogP contribution in [0, 0.1) is 16.7 Å². The Morgan fingerprint density at radius 3 is 1.88 bits per heavy atom. The molecule has 11 atom stereocenters. The number of ketones is 1. The van der Waals surface area contributed by atoms with Crippen molar-refractivity contribution in [3.8, 4) is 0 Å². The quantitative estimate of drug-likeness (QED) is 0.0745. The number of hydrogen-bond donors (Lipinski definition) is 1. The topological polar surface area (TPSA) is 190 Å². The third-order valence-electron chi connectivity index (χ3n) is 16.9. The van der Waals surface area contributed by atoms with E-state index < -0.39 is 121 Å². The molecule has 0 aromatic heterocycles. The molecule has 3 aliphatic carbocycles. The first-order valence-electron chi connectivity index (χ1n) is 25.2. The number of ether oxygens (including phenoxy) is 6. The second kappa shape index (κ2) is 19.4. The number of carbonyl (C=O) groups is 6. The summed E-state index contributed by atoms with van der Waals surface area (Å²) in [5, 5.41) is 14.3. The number of carbonyl (C=O) groups excluding carboxylic acids is 6. The van der Waals surface area contributed by atoms with Crippen LogP contribution in [0.1, 0.15) is 121 Å². The first-order valence-corrected chi connectivity index (χ1v) is 27.7. The normalized spacial score (nSPS) is 32.4. The van der Waals surface area contributed by atoms with E-state index in [0.717, 1.165) is 0 Å². The molecule has 2 bridgehead atoms. The van der Waals surface area contributed by atoms with Crippen molar-refractivity contribution in [2.75, 3.05) is 6.61 Å². The minimum Gasteiger partial charge on any atom is -0.456 e. The molecular weight excluding hydrogens is 939 g/mol. The van der Waals surface area contributed by atoms with E-state index in [1.807, 2.05) is 6.07 Å². The molecule has 2 saturated carbocycles. The van der Waals surface area contributed by atoms with Crippen LogP contribution >= 0.6 is 0 Å². The second-order valence-corrected chi connectivity index (χ2v) is 26.1. The Morgan fingerprint density at radius 1 is 0.778 bits per heavy atom. The van der Waals surface area contributed by atoms with Gasteiger partial charge in [0.2, 0.25) is 0 Å². The second-order valence-electron chi connectivity index (χ2n) is 21.4. The van der Waals surface area contributed by atoms with E-state index in [1.165, 1.54) is 18.7 Å². The summed E-state index contributed by atoms with van der Waals surface area (Å²) in [7, 11) is -2.63. The Morgan fingerprint density at radius 2 is 1.35 bits per heavy atom. The molecule has 386 valence electrons. The highest BCUT2D eigenvalue weighted by atomic mass is 28.4. The Hall–Kier alpha value is -5.52. The molecule has 5 aliphatic rings. The van der Waals surface area contributed by atoms with Crippen LogP contribution < -0.4 is 0 Å². The average Bonchev–Trinajstić information content (AvgIpc) is 3.64. The zero-order valence-electron chi connectivity index (χ0n) is 43.2. The minimum atomic E-state index is -2.63. The number of aliphatic hydroxyl groups is 1. The molecule has 0 unspecified atom stereocenters. The maximum absolute atomic E-state index is 16.5. The number of fused-ring (bicyclic) bond motifs is 5. The predicted molar refractivity (Wildman–Crippen MR) is 265 cm³/mol. The largest absolute Gasteiger partial charge is 0.456 e. The summed E-state index contributed by atoms with van der Waals surface area (Å²) in [6, 6.07) is 27.0. The highest BCUT2D eigenvalue weighted by Crippen LogP contribution is 2.65. The number of rotatable bonds is 13. The fourth-order valence-electron chi connectivity index (χ4n) is 12.8. The van der Waals surface area contributed by atoms with Gasteiger partial charge in [-0.3, -0.25) is 19.2 Å². The molecule has 8 rings (SSSR count). The number of benzene rings is 3. The lowest BCUT2D eigenvalue weighted by Crippen LogP contribution is -2.82. The van der Waals surface area contributed by atoms with E-state index in [4.69, 9.17) is 32.8 Å². The molecule has 1 N–H and O–H groups in total. The van der Waals surface area contributed by atoms with Crippen LogP contribution in [0.2, 0.25) is 18.1 Å². The van der Waals surface area contributed by atoms with Crippen molar-refractivity contribution in [1.29, 1.82) is 0 Å². The molecule has 1 amide bonds. The molecule has 0 radical (unpaired) electrons. The van der Waals surface area contributed by atoms with Crippen molar-refractivity contribution in [2.45, 2.75) is 167 Å². The summed E-state index contributed by atoms with van der Waals surface area (Å²) in [6.45, 7) is 18.5. The van der Waals surface area contributed by atoms with E-state index in [9.17, 15) is 24.3 Å². The Kier molecular flexibility index (Phi) is 14.2. The SMILES string of the molecule is CC[Si](CC)(CC)O[C@H]1C[C@H]2OC[C@@]2(OC(C)=O)[C@H]2[C@H](OC(=O)c3ccccc3)[C@]3(O)C[C@H](OC(=O)[C@@H]4OC(C)(C)N(C(=O)c5ccccc5)[C@H]4c4ccccc4)C(C)=C([C@@H](OC(C)=O)C(=O)[C@]12C)C3(C)C. The maximum atomic E-state index is 16.5. The molecule has 2 aliphatic heterocycles. The molecular formula is C56H69NO14Si. The number of hydrogen-bond acceptors (Lipinski definition) is 14. The van der Waals surface area contributed by atoms with Gasteiger partial charge < -0.3 is 42.9 Å². The van der Waals surface area contributed by atoms with Crippen molar-refractivity contribution in [3.63, 3.8) is 0 Å². The smallest absolute Gasteiger partial charge is 0.338 e. The molecule has 4 fully saturated rings. The van der Waals surface area contributed by atoms with E-state index >= 15 is 9.59 Å².